The van der Waals surface area contributed by atoms with Crippen LogP contribution in [0, 0.1) is 12.1 Å². The van der Waals surface area contributed by atoms with Crippen molar-refractivity contribution in [3.8, 4) is 0 Å². The first-order valence-corrected chi connectivity index (χ1v) is 6.09. The van der Waals surface area contributed by atoms with Gasteiger partial charge in [-0.05, 0) is 35.0 Å². The van der Waals surface area contributed by atoms with E-state index in [0.29, 0.717) is 15.1 Å². The van der Waals surface area contributed by atoms with Crippen LogP contribution in [0.5, 0.6) is 0 Å². The van der Waals surface area contributed by atoms with E-state index in [0.717, 1.165) is 21.5 Å². The van der Waals surface area contributed by atoms with Gasteiger partial charge in [0.2, 0.25) is 0 Å². The molecule has 3 aromatic rings. The van der Waals surface area contributed by atoms with Gasteiger partial charge < -0.3 is 0 Å². The predicted molar refractivity (Wildman–Crippen MR) is 74.2 cm³/mol. The summed E-state index contributed by atoms with van der Waals surface area (Å²) in [6, 6.07) is 15.6. The minimum Gasteiger partial charge on any atom is -0.0829 e. The smallest absolute Gasteiger partial charge is 0.0693 e. The maximum atomic E-state index is 6.17. The third-order valence-corrected chi connectivity index (χ3v) is 3.78. The molecular formula is C14H5Cl3. The quantitative estimate of drug-likeness (QED) is 0.374. The minimum absolute atomic E-state index is 0.350. The summed E-state index contributed by atoms with van der Waals surface area (Å²) in [6.07, 6.45) is 0. The van der Waals surface area contributed by atoms with E-state index in [1.165, 1.54) is 0 Å². The topological polar surface area (TPSA) is 0 Å². The van der Waals surface area contributed by atoms with Crippen LogP contribution in [0.15, 0.2) is 30.3 Å². The van der Waals surface area contributed by atoms with E-state index in [1.54, 1.807) is 0 Å². The van der Waals surface area contributed by atoms with Crippen molar-refractivity contribution in [2.24, 2.45) is 0 Å². The van der Waals surface area contributed by atoms with Crippen molar-refractivity contribution >= 4 is 56.3 Å². The van der Waals surface area contributed by atoms with Gasteiger partial charge in [0.25, 0.3) is 0 Å². The molecule has 2 radical (unpaired) electrons. The SMILES string of the molecule is Clc1[c]c(Cl)c2cc3cc[c]cc3cc2c1Cl. The number of rotatable bonds is 0. The molecule has 3 aromatic carbocycles. The fourth-order valence-electron chi connectivity index (χ4n) is 1.88. The van der Waals surface area contributed by atoms with E-state index in [9.17, 15) is 0 Å². The van der Waals surface area contributed by atoms with Gasteiger partial charge in [0, 0.05) is 16.8 Å². The summed E-state index contributed by atoms with van der Waals surface area (Å²) >= 11 is 18.3. The van der Waals surface area contributed by atoms with Crippen molar-refractivity contribution in [1.29, 1.82) is 0 Å². The Kier molecular flexibility index (Phi) is 2.67. The Morgan fingerprint density at radius 3 is 2.47 bits per heavy atom. The summed E-state index contributed by atoms with van der Waals surface area (Å²) in [4.78, 5) is 0. The summed E-state index contributed by atoms with van der Waals surface area (Å²) in [7, 11) is 0. The molecule has 0 aliphatic rings. The van der Waals surface area contributed by atoms with Crippen molar-refractivity contribution < 1.29 is 0 Å². The Hall–Kier alpha value is -0.950. The molecule has 0 N–H and O–H groups in total. The molecule has 0 saturated carbocycles. The molecule has 3 heteroatoms. The molecular weight excluding hydrogens is 275 g/mol. The molecule has 0 nitrogen and oxygen atoms in total. The van der Waals surface area contributed by atoms with Crippen molar-refractivity contribution in [2.45, 2.75) is 0 Å². The standard InChI is InChI=1S/C14H5Cl3/c15-12-7-13(16)14(17)11-6-9-4-2-1-3-8(9)5-10(11)12/h1,3-6H. The second-order valence-electron chi connectivity index (χ2n) is 3.74. The zero-order valence-electron chi connectivity index (χ0n) is 8.52. The first-order chi connectivity index (χ1) is 8.16. The van der Waals surface area contributed by atoms with Crippen LogP contribution in [0.1, 0.15) is 0 Å². The number of halogens is 3. The molecule has 0 fully saturated rings. The molecule has 82 valence electrons. The summed E-state index contributed by atoms with van der Waals surface area (Å²) in [5.74, 6) is 0. The van der Waals surface area contributed by atoms with E-state index in [-0.39, 0.29) is 0 Å². The Morgan fingerprint density at radius 1 is 0.882 bits per heavy atom. The highest BCUT2D eigenvalue weighted by Crippen LogP contribution is 2.37. The highest BCUT2D eigenvalue weighted by molar-refractivity contribution is 6.48. The molecule has 3 rings (SSSR count). The predicted octanol–water partition coefficient (Wildman–Crippen LogP) is 5.55. The fraction of sp³-hybridized carbons (Fsp3) is 0. The molecule has 17 heavy (non-hydrogen) atoms. The maximum Gasteiger partial charge on any atom is 0.0693 e. The highest BCUT2D eigenvalue weighted by Gasteiger charge is 2.09. The maximum absolute atomic E-state index is 6.17. The Balaban J connectivity index is 2.56. The normalized spacial score (nSPS) is 11.2. The van der Waals surface area contributed by atoms with Gasteiger partial charge in [-0.2, -0.15) is 0 Å². The first kappa shape index (κ1) is 11.2. The molecule has 0 aromatic heterocycles. The number of hydrogen-bond acceptors (Lipinski definition) is 0. The van der Waals surface area contributed by atoms with Crippen LogP contribution < -0.4 is 0 Å². The largest absolute Gasteiger partial charge is 0.0829 e. The zero-order valence-corrected chi connectivity index (χ0v) is 10.8. The second-order valence-corrected chi connectivity index (χ2v) is 4.87. The molecule has 0 aliphatic heterocycles. The van der Waals surface area contributed by atoms with Gasteiger partial charge in [-0.25, -0.2) is 0 Å². The molecule has 0 aliphatic carbocycles. The average molecular weight is 280 g/mol. The lowest BCUT2D eigenvalue weighted by Gasteiger charge is -2.07. The van der Waals surface area contributed by atoms with Crippen molar-refractivity contribution in [3.05, 3.63) is 57.5 Å². The lowest BCUT2D eigenvalue weighted by molar-refractivity contribution is 1.74. The summed E-state index contributed by atoms with van der Waals surface area (Å²) in [5, 5.41) is 5.17. The van der Waals surface area contributed by atoms with Gasteiger partial charge in [-0.1, -0.05) is 46.9 Å². The van der Waals surface area contributed by atoms with Gasteiger partial charge >= 0.3 is 0 Å². The van der Waals surface area contributed by atoms with Gasteiger partial charge in [-0.15, -0.1) is 0 Å². The van der Waals surface area contributed by atoms with Gasteiger partial charge in [0.15, 0.2) is 0 Å². The molecule has 0 saturated heterocycles. The van der Waals surface area contributed by atoms with Crippen LogP contribution in [0.4, 0.5) is 0 Å². The Bertz CT molecular complexity index is 732. The van der Waals surface area contributed by atoms with Crippen LogP contribution >= 0.6 is 34.8 Å². The Morgan fingerprint density at radius 2 is 1.65 bits per heavy atom. The summed E-state index contributed by atoms with van der Waals surface area (Å²) < 4.78 is 0. The molecule has 0 atom stereocenters. The van der Waals surface area contributed by atoms with E-state index in [1.807, 2.05) is 30.3 Å². The van der Waals surface area contributed by atoms with Crippen LogP contribution in [0.3, 0.4) is 0 Å². The number of benzene rings is 3. The summed E-state index contributed by atoms with van der Waals surface area (Å²) in [6.45, 7) is 0. The van der Waals surface area contributed by atoms with Crippen LogP contribution in [0.2, 0.25) is 15.1 Å². The van der Waals surface area contributed by atoms with Crippen LogP contribution in [-0.2, 0) is 0 Å². The molecule has 0 spiro atoms. The van der Waals surface area contributed by atoms with E-state index >= 15 is 0 Å². The lowest BCUT2D eigenvalue weighted by atomic mass is 10.0. The van der Waals surface area contributed by atoms with Crippen LogP contribution in [-0.4, -0.2) is 0 Å². The van der Waals surface area contributed by atoms with E-state index in [4.69, 9.17) is 34.8 Å². The van der Waals surface area contributed by atoms with Gasteiger partial charge in [-0.3, -0.25) is 0 Å². The van der Waals surface area contributed by atoms with Crippen molar-refractivity contribution in [2.75, 3.05) is 0 Å². The zero-order chi connectivity index (χ0) is 12.0. The highest BCUT2D eigenvalue weighted by atomic mass is 35.5. The van der Waals surface area contributed by atoms with E-state index in [2.05, 4.69) is 12.1 Å². The first-order valence-electron chi connectivity index (χ1n) is 4.96. The monoisotopic (exact) mass is 278 g/mol. The molecule has 0 bridgehead atoms. The minimum atomic E-state index is 0.350. The van der Waals surface area contributed by atoms with Gasteiger partial charge in [0.05, 0.1) is 15.1 Å². The number of hydrogen-bond donors (Lipinski definition) is 0. The molecule has 0 amide bonds. The van der Waals surface area contributed by atoms with Crippen LogP contribution in [0.25, 0.3) is 21.5 Å². The molecule has 0 unspecified atom stereocenters. The second kappa shape index (κ2) is 4.06. The average Bonchev–Trinajstić information content (AvgIpc) is 2.34. The van der Waals surface area contributed by atoms with Gasteiger partial charge in [0.1, 0.15) is 0 Å². The number of fused-ring (bicyclic) bond motifs is 2. The molecule has 0 heterocycles. The third-order valence-electron chi connectivity index (χ3n) is 2.71. The third kappa shape index (κ3) is 1.77. The van der Waals surface area contributed by atoms with Crippen molar-refractivity contribution in [3.63, 3.8) is 0 Å². The van der Waals surface area contributed by atoms with Crippen molar-refractivity contribution in [1.82, 2.24) is 0 Å². The lowest BCUT2D eigenvalue weighted by Crippen LogP contribution is -1.81. The summed E-state index contributed by atoms with van der Waals surface area (Å²) in [5.41, 5.74) is 0. The fourth-order valence-corrected chi connectivity index (χ4v) is 2.58. The van der Waals surface area contributed by atoms with E-state index < -0.39 is 0 Å². The Labute approximate surface area is 114 Å².